The van der Waals surface area contributed by atoms with Crippen molar-refractivity contribution in [2.24, 2.45) is 5.92 Å². The van der Waals surface area contributed by atoms with Gasteiger partial charge in [-0.2, -0.15) is 0 Å². The number of benzene rings is 2. The number of ketones is 3. The van der Waals surface area contributed by atoms with Crippen LogP contribution in [0.5, 0.6) is 17.2 Å². The van der Waals surface area contributed by atoms with E-state index < -0.39 is 71.0 Å². The van der Waals surface area contributed by atoms with E-state index in [0.29, 0.717) is 6.42 Å². The molecule has 2 aromatic rings. The van der Waals surface area contributed by atoms with Gasteiger partial charge in [-0.15, -0.1) is 0 Å². The molecule has 214 valence electrons. The Bertz CT molecular complexity index is 1400. The molecule has 0 saturated carbocycles. The van der Waals surface area contributed by atoms with Gasteiger partial charge in [0.1, 0.15) is 29.5 Å². The molecule has 1 heterocycles. The van der Waals surface area contributed by atoms with Crippen molar-refractivity contribution < 1.29 is 49.0 Å². The van der Waals surface area contributed by atoms with Gasteiger partial charge in [0.15, 0.2) is 17.9 Å². The Labute approximate surface area is 230 Å². The number of aliphatic hydroxyl groups is 2. The molecule has 0 bridgehead atoms. The fourth-order valence-electron chi connectivity index (χ4n) is 6.21. The summed E-state index contributed by atoms with van der Waals surface area (Å²) in [4.78, 5) is 40.0. The molecule has 5 rings (SSSR count). The number of nitrogens with one attached hydrogen (secondary N) is 1. The molecular weight excluding hydrogens is 522 g/mol. The number of hydrogen-bond donors (Lipinski definition) is 5. The Balaban J connectivity index is 1.68. The standard InChI is InChI=1S/C29H33NO10/c1-12-13(2)39-20(8-16(12)30-3)40-18-10-29(37,19(32)11-31)9-15-22(18)28(36)24-23(26(15)34)25(33)14-6-5-7-17(38-4)21(14)27(24)35/h5-7,12-13,16,18,20,30-31,34,36-37H,8-11H2,1-4H3/t12-,13+,16+,18+,20+,29+/m1/s1. The summed E-state index contributed by atoms with van der Waals surface area (Å²) in [5, 5.41) is 47.1. The summed E-state index contributed by atoms with van der Waals surface area (Å²) in [6.45, 7) is 2.94. The van der Waals surface area contributed by atoms with E-state index in [2.05, 4.69) is 5.32 Å². The van der Waals surface area contributed by atoms with Gasteiger partial charge in [-0.25, -0.2) is 0 Å². The largest absolute Gasteiger partial charge is 0.507 e. The van der Waals surface area contributed by atoms with Gasteiger partial charge >= 0.3 is 0 Å². The SMILES string of the molecule is CN[C@H]1C[C@H](O[C@H]2C[C@](O)(C(=O)CO)Cc3c(O)c4c(c(O)c32)C(=O)c2c(OC)cccc2C4=O)O[C@@H](C)[C@H]1C. The van der Waals surface area contributed by atoms with Crippen LogP contribution in [0.4, 0.5) is 0 Å². The van der Waals surface area contributed by atoms with Gasteiger partial charge in [-0.1, -0.05) is 19.1 Å². The molecule has 0 spiro atoms. The van der Waals surface area contributed by atoms with E-state index in [9.17, 15) is 34.8 Å². The number of phenols is 2. The molecule has 0 unspecified atom stereocenters. The van der Waals surface area contributed by atoms with Crippen LogP contribution in [0.2, 0.25) is 0 Å². The Morgan fingerprint density at radius 2 is 1.82 bits per heavy atom. The van der Waals surface area contributed by atoms with E-state index in [4.69, 9.17) is 14.2 Å². The highest BCUT2D eigenvalue weighted by atomic mass is 16.7. The van der Waals surface area contributed by atoms with Crippen molar-refractivity contribution in [1.29, 1.82) is 0 Å². The predicted octanol–water partition coefficient (Wildman–Crippen LogP) is 1.54. The number of methoxy groups -OCH3 is 1. The highest BCUT2D eigenvalue weighted by Crippen LogP contribution is 2.52. The summed E-state index contributed by atoms with van der Waals surface area (Å²) in [6, 6.07) is 4.46. The summed E-state index contributed by atoms with van der Waals surface area (Å²) in [5.41, 5.74) is -3.24. The number of Topliss-reactive ketones (excluding diaryl/α,β-unsaturated/α-hetero) is 1. The maximum atomic E-state index is 13.7. The van der Waals surface area contributed by atoms with Crippen molar-refractivity contribution >= 4 is 17.3 Å². The van der Waals surface area contributed by atoms with Crippen molar-refractivity contribution in [2.45, 2.75) is 63.3 Å². The number of carbonyl (C=O) groups excluding carboxylic acids is 3. The second kappa shape index (κ2) is 10.2. The third kappa shape index (κ3) is 4.20. The lowest BCUT2D eigenvalue weighted by Crippen LogP contribution is -2.50. The second-order valence-electron chi connectivity index (χ2n) is 10.8. The molecule has 3 aliphatic rings. The average Bonchev–Trinajstić information content (AvgIpc) is 2.94. The maximum Gasteiger partial charge on any atom is 0.202 e. The van der Waals surface area contributed by atoms with E-state index >= 15 is 0 Å². The van der Waals surface area contributed by atoms with Crippen molar-refractivity contribution in [2.75, 3.05) is 20.8 Å². The molecule has 0 aromatic heterocycles. The van der Waals surface area contributed by atoms with E-state index in [1.807, 2.05) is 20.9 Å². The fourth-order valence-corrected chi connectivity index (χ4v) is 6.21. The van der Waals surface area contributed by atoms with Gasteiger partial charge in [-0.05, 0) is 26.0 Å². The van der Waals surface area contributed by atoms with Gasteiger partial charge in [0.05, 0.1) is 36.0 Å². The van der Waals surface area contributed by atoms with E-state index in [0.717, 1.165) is 0 Å². The van der Waals surface area contributed by atoms with Gasteiger partial charge in [0, 0.05) is 42.0 Å². The second-order valence-corrected chi connectivity index (χ2v) is 10.8. The molecule has 1 saturated heterocycles. The number of ether oxygens (including phenoxy) is 3. The first-order chi connectivity index (χ1) is 19.0. The van der Waals surface area contributed by atoms with Crippen LogP contribution in [0.25, 0.3) is 0 Å². The Kier molecular flexibility index (Phi) is 7.22. The molecule has 6 atom stereocenters. The van der Waals surface area contributed by atoms with E-state index in [-0.39, 0.29) is 52.5 Å². The number of aliphatic hydroxyl groups excluding tert-OH is 1. The van der Waals surface area contributed by atoms with E-state index in [1.165, 1.54) is 25.3 Å². The van der Waals surface area contributed by atoms with Crippen LogP contribution in [-0.2, 0) is 20.7 Å². The molecule has 40 heavy (non-hydrogen) atoms. The first-order valence-corrected chi connectivity index (χ1v) is 13.2. The van der Waals surface area contributed by atoms with Crippen LogP contribution >= 0.6 is 0 Å². The Hall–Kier alpha value is -3.35. The van der Waals surface area contributed by atoms with Crippen molar-refractivity contribution in [1.82, 2.24) is 5.32 Å². The zero-order chi connectivity index (χ0) is 29.1. The fraction of sp³-hybridized carbons (Fsp3) is 0.483. The molecule has 0 radical (unpaired) electrons. The number of rotatable bonds is 6. The third-order valence-electron chi connectivity index (χ3n) is 8.61. The van der Waals surface area contributed by atoms with Gasteiger partial charge in [0.25, 0.3) is 0 Å². The number of aromatic hydroxyl groups is 2. The Morgan fingerprint density at radius 1 is 1.12 bits per heavy atom. The minimum absolute atomic E-state index is 0.0171. The normalized spacial score (nSPS) is 29.4. The first-order valence-electron chi connectivity index (χ1n) is 13.2. The molecule has 1 fully saturated rings. The van der Waals surface area contributed by atoms with Gasteiger partial charge in [0.2, 0.25) is 5.78 Å². The average molecular weight is 556 g/mol. The molecule has 11 heteroatoms. The van der Waals surface area contributed by atoms with Crippen LogP contribution < -0.4 is 10.1 Å². The highest BCUT2D eigenvalue weighted by molar-refractivity contribution is 6.31. The quantitative estimate of drug-likeness (QED) is 0.279. The topological polar surface area (TPSA) is 172 Å². The summed E-state index contributed by atoms with van der Waals surface area (Å²) in [7, 11) is 3.16. The van der Waals surface area contributed by atoms with Crippen LogP contribution in [-0.4, -0.2) is 82.6 Å². The predicted molar refractivity (Wildman–Crippen MR) is 140 cm³/mol. The van der Waals surface area contributed by atoms with E-state index in [1.54, 1.807) is 0 Å². The van der Waals surface area contributed by atoms with Crippen molar-refractivity contribution in [3.8, 4) is 17.2 Å². The highest BCUT2D eigenvalue weighted by Gasteiger charge is 2.50. The summed E-state index contributed by atoms with van der Waals surface area (Å²) in [6.07, 6.45) is -2.78. The van der Waals surface area contributed by atoms with Gasteiger partial charge in [-0.3, -0.25) is 14.4 Å². The zero-order valence-corrected chi connectivity index (χ0v) is 22.7. The van der Waals surface area contributed by atoms with Crippen LogP contribution in [0, 0.1) is 5.92 Å². The summed E-state index contributed by atoms with van der Waals surface area (Å²) in [5.74, 6) is -3.33. The van der Waals surface area contributed by atoms with Crippen LogP contribution in [0.15, 0.2) is 18.2 Å². The molecule has 0 amide bonds. The molecular formula is C29H33NO10. The molecule has 2 aliphatic carbocycles. The number of carbonyl (C=O) groups is 3. The lowest BCUT2D eigenvalue weighted by Gasteiger charge is -2.43. The third-order valence-corrected chi connectivity index (χ3v) is 8.61. The first kappa shape index (κ1) is 28.2. The summed E-state index contributed by atoms with van der Waals surface area (Å²) >= 11 is 0. The minimum atomic E-state index is -2.18. The number of hydrogen-bond acceptors (Lipinski definition) is 11. The maximum absolute atomic E-state index is 13.7. The summed E-state index contributed by atoms with van der Waals surface area (Å²) < 4.78 is 17.6. The smallest absolute Gasteiger partial charge is 0.202 e. The van der Waals surface area contributed by atoms with Crippen molar-refractivity contribution in [3.05, 3.63) is 51.6 Å². The minimum Gasteiger partial charge on any atom is -0.507 e. The zero-order valence-electron chi connectivity index (χ0n) is 22.7. The number of fused-ring (bicyclic) bond motifs is 3. The lowest BCUT2D eigenvalue weighted by atomic mass is 9.72. The monoisotopic (exact) mass is 555 g/mol. The lowest BCUT2D eigenvalue weighted by molar-refractivity contribution is -0.238. The van der Waals surface area contributed by atoms with Crippen LogP contribution in [0.3, 0.4) is 0 Å². The van der Waals surface area contributed by atoms with Crippen LogP contribution in [0.1, 0.15) is 75.8 Å². The molecule has 5 N–H and O–H groups in total. The number of phenolic OH excluding ortho intramolecular Hbond substituents is 2. The molecule has 11 nitrogen and oxygen atoms in total. The van der Waals surface area contributed by atoms with Gasteiger partial charge < -0.3 is 40.0 Å². The molecule has 2 aromatic carbocycles. The van der Waals surface area contributed by atoms with Crippen molar-refractivity contribution in [3.63, 3.8) is 0 Å². The Morgan fingerprint density at radius 3 is 2.48 bits per heavy atom. The molecule has 1 aliphatic heterocycles.